The molecule has 0 aliphatic heterocycles. The molecule has 68 valence electrons. The number of carbonyl (C=O) groups is 1. The molecule has 0 radical (unpaired) electrons. The minimum absolute atomic E-state index is 0.775. The molecule has 0 bridgehead atoms. The Labute approximate surface area is 72.3 Å². The molecule has 0 spiro atoms. The van der Waals surface area contributed by atoms with Gasteiger partial charge < -0.3 is 10.8 Å². The highest BCUT2D eigenvalue weighted by molar-refractivity contribution is 5.77. The van der Waals surface area contributed by atoms with E-state index in [0.717, 1.165) is 31.3 Å². The summed E-state index contributed by atoms with van der Waals surface area (Å²) in [5.41, 5.74) is 6.40. The predicted molar refractivity (Wildman–Crippen MR) is 46.8 cm³/mol. The van der Waals surface area contributed by atoms with Gasteiger partial charge in [-0.05, 0) is 31.3 Å². The summed E-state index contributed by atoms with van der Waals surface area (Å²) in [4.78, 5) is 10.5. The normalized spacial score (nSPS) is 20.9. The summed E-state index contributed by atoms with van der Waals surface area (Å²) in [6.07, 6.45) is 7.25. The van der Waals surface area contributed by atoms with Crippen molar-refractivity contribution in [1.29, 1.82) is 0 Å². The molecule has 1 atom stereocenters. The van der Waals surface area contributed by atoms with Gasteiger partial charge in [-0.3, -0.25) is 4.79 Å². The zero-order valence-electron chi connectivity index (χ0n) is 7.12. The average Bonchev–Trinajstić information content (AvgIpc) is 2.30. The van der Waals surface area contributed by atoms with Gasteiger partial charge in [0.1, 0.15) is 6.04 Å². The van der Waals surface area contributed by atoms with Crippen molar-refractivity contribution in [1.82, 2.24) is 0 Å². The number of allylic oxidation sites excluding steroid dienone is 1. The monoisotopic (exact) mass is 169 g/mol. The first-order valence-corrected chi connectivity index (χ1v) is 4.39. The van der Waals surface area contributed by atoms with Crippen LogP contribution in [-0.2, 0) is 4.79 Å². The molecule has 3 nitrogen and oxygen atoms in total. The Balaban J connectivity index is 2.58. The number of nitrogens with two attached hydrogens (primary N) is 1. The Morgan fingerprint density at radius 3 is 2.92 bits per heavy atom. The Kier molecular flexibility index (Phi) is 3.29. The lowest BCUT2D eigenvalue weighted by Crippen LogP contribution is -2.32. The fourth-order valence-electron chi connectivity index (χ4n) is 1.48. The summed E-state index contributed by atoms with van der Waals surface area (Å²) < 4.78 is 0. The van der Waals surface area contributed by atoms with Crippen molar-refractivity contribution in [3.63, 3.8) is 0 Å². The fraction of sp³-hybridized carbons (Fsp3) is 0.667. The van der Waals surface area contributed by atoms with E-state index in [1.54, 1.807) is 0 Å². The highest BCUT2D eigenvalue weighted by Gasteiger charge is 2.17. The highest BCUT2D eigenvalue weighted by atomic mass is 16.4. The molecule has 0 aromatic rings. The van der Waals surface area contributed by atoms with Crippen molar-refractivity contribution in [3.05, 3.63) is 11.6 Å². The van der Waals surface area contributed by atoms with Crippen LogP contribution >= 0.6 is 0 Å². The SMILES string of the molecule is N[C@H](C(=O)O)C1=CCCCCC1. The minimum atomic E-state index is -0.914. The standard InChI is InChI=1S/C9H15NO2/c10-8(9(11)12)7-5-3-1-2-4-6-7/h5,8H,1-4,6,10H2,(H,11,12)/t8-/m0/s1. The molecule has 1 aliphatic rings. The van der Waals surface area contributed by atoms with Gasteiger partial charge in [0.15, 0.2) is 0 Å². The molecule has 0 amide bonds. The molecule has 12 heavy (non-hydrogen) atoms. The van der Waals surface area contributed by atoms with Gasteiger partial charge >= 0.3 is 5.97 Å². The molecule has 1 rings (SSSR count). The Hall–Kier alpha value is -0.830. The van der Waals surface area contributed by atoms with Gasteiger partial charge in [-0.25, -0.2) is 0 Å². The topological polar surface area (TPSA) is 63.3 Å². The first kappa shape index (κ1) is 9.26. The van der Waals surface area contributed by atoms with E-state index in [1.165, 1.54) is 6.42 Å². The fourth-order valence-corrected chi connectivity index (χ4v) is 1.48. The molecule has 0 fully saturated rings. The maximum Gasteiger partial charge on any atom is 0.324 e. The van der Waals surface area contributed by atoms with Crippen molar-refractivity contribution in [2.75, 3.05) is 0 Å². The molecule has 0 unspecified atom stereocenters. The number of hydrogen-bond donors (Lipinski definition) is 2. The number of carboxylic acid groups (broad SMARTS) is 1. The lowest BCUT2D eigenvalue weighted by Gasteiger charge is -2.09. The van der Waals surface area contributed by atoms with Crippen molar-refractivity contribution < 1.29 is 9.90 Å². The number of hydrogen-bond acceptors (Lipinski definition) is 2. The van der Waals surface area contributed by atoms with E-state index in [9.17, 15) is 4.79 Å². The molecular formula is C9H15NO2. The zero-order valence-corrected chi connectivity index (χ0v) is 7.12. The molecule has 0 saturated heterocycles. The number of aliphatic carboxylic acids is 1. The third-order valence-electron chi connectivity index (χ3n) is 2.24. The summed E-state index contributed by atoms with van der Waals surface area (Å²) in [6, 6.07) is -0.775. The van der Waals surface area contributed by atoms with Crippen LogP contribution < -0.4 is 5.73 Å². The Morgan fingerprint density at radius 2 is 2.25 bits per heavy atom. The van der Waals surface area contributed by atoms with Crippen LogP contribution in [0, 0.1) is 0 Å². The van der Waals surface area contributed by atoms with Crippen molar-refractivity contribution >= 4 is 5.97 Å². The largest absolute Gasteiger partial charge is 0.480 e. The van der Waals surface area contributed by atoms with E-state index in [1.807, 2.05) is 6.08 Å². The van der Waals surface area contributed by atoms with E-state index in [2.05, 4.69) is 0 Å². The van der Waals surface area contributed by atoms with Crippen molar-refractivity contribution in [2.24, 2.45) is 5.73 Å². The summed E-state index contributed by atoms with van der Waals surface area (Å²) in [5.74, 6) is -0.914. The average molecular weight is 169 g/mol. The van der Waals surface area contributed by atoms with Crippen LogP contribution in [0.2, 0.25) is 0 Å². The lowest BCUT2D eigenvalue weighted by atomic mass is 10.0. The van der Waals surface area contributed by atoms with Crippen molar-refractivity contribution in [3.8, 4) is 0 Å². The highest BCUT2D eigenvalue weighted by Crippen LogP contribution is 2.18. The van der Waals surface area contributed by atoms with Crippen molar-refractivity contribution in [2.45, 2.75) is 38.1 Å². The summed E-state index contributed by atoms with van der Waals surface area (Å²) in [6.45, 7) is 0. The molecule has 0 saturated carbocycles. The Morgan fingerprint density at radius 1 is 1.50 bits per heavy atom. The third-order valence-corrected chi connectivity index (χ3v) is 2.24. The second-order valence-electron chi connectivity index (χ2n) is 3.19. The molecule has 0 aromatic heterocycles. The van der Waals surface area contributed by atoms with Crippen LogP contribution in [0.5, 0.6) is 0 Å². The van der Waals surface area contributed by atoms with Crippen LogP contribution in [0.25, 0.3) is 0 Å². The first-order valence-electron chi connectivity index (χ1n) is 4.39. The molecule has 3 heteroatoms. The quantitative estimate of drug-likeness (QED) is 0.612. The zero-order chi connectivity index (χ0) is 8.97. The molecule has 3 N–H and O–H groups in total. The van der Waals surface area contributed by atoms with Crippen LogP contribution in [-0.4, -0.2) is 17.1 Å². The van der Waals surface area contributed by atoms with Crippen LogP contribution in [0.4, 0.5) is 0 Å². The van der Waals surface area contributed by atoms with E-state index >= 15 is 0 Å². The smallest absolute Gasteiger partial charge is 0.324 e. The number of carboxylic acids is 1. The summed E-state index contributed by atoms with van der Waals surface area (Å²) >= 11 is 0. The maximum atomic E-state index is 10.5. The van der Waals surface area contributed by atoms with Gasteiger partial charge in [0.05, 0.1) is 0 Å². The van der Waals surface area contributed by atoms with Gasteiger partial charge in [0, 0.05) is 0 Å². The van der Waals surface area contributed by atoms with Crippen LogP contribution in [0.15, 0.2) is 11.6 Å². The minimum Gasteiger partial charge on any atom is -0.480 e. The number of rotatable bonds is 2. The third kappa shape index (κ3) is 2.34. The van der Waals surface area contributed by atoms with Gasteiger partial charge in [-0.1, -0.05) is 12.5 Å². The Bertz CT molecular complexity index is 199. The van der Waals surface area contributed by atoms with E-state index < -0.39 is 12.0 Å². The van der Waals surface area contributed by atoms with Crippen LogP contribution in [0.3, 0.4) is 0 Å². The summed E-state index contributed by atoms with van der Waals surface area (Å²) in [5, 5.41) is 8.66. The summed E-state index contributed by atoms with van der Waals surface area (Å²) in [7, 11) is 0. The molecule has 1 aliphatic carbocycles. The molecule has 0 aromatic carbocycles. The first-order chi connectivity index (χ1) is 5.72. The van der Waals surface area contributed by atoms with E-state index in [0.29, 0.717) is 0 Å². The van der Waals surface area contributed by atoms with Gasteiger partial charge in [0.2, 0.25) is 0 Å². The maximum absolute atomic E-state index is 10.5. The lowest BCUT2D eigenvalue weighted by molar-refractivity contribution is -0.137. The second kappa shape index (κ2) is 4.26. The van der Waals surface area contributed by atoms with E-state index in [4.69, 9.17) is 10.8 Å². The molecule has 0 heterocycles. The molecular weight excluding hydrogens is 154 g/mol. The van der Waals surface area contributed by atoms with Gasteiger partial charge in [-0.15, -0.1) is 0 Å². The second-order valence-corrected chi connectivity index (χ2v) is 3.19. The predicted octanol–water partition coefficient (Wildman–Crippen LogP) is 1.29. The van der Waals surface area contributed by atoms with Gasteiger partial charge in [-0.2, -0.15) is 0 Å². The van der Waals surface area contributed by atoms with Crippen LogP contribution in [0.1, 0.15) is 32.1 Å². The van der Waals surface area contributed by atoms with Gasteiger partial charge in [0.25, 0.3) is 0 Å². The van der Waals surface area contributed by atoms with E-state index in [-0.39, 0.29) is 0 Å².